The molecule has 2 aromatic heterocycles. The lowest BCUT2D eigenvalue weighted by atomic mass is 10.1. The second-order valence-electron chi connectivity index (χ2n) is 8.08. The average Bonchev–Trinajstić information content (AvgIpc) is 3.59. The lowest BCUT2D eigenvalue weighted by Crippen LogP contribution is -2.17. The zero-order valence-electron chi connectivity index (χ0n) is 18.7. The molecule has 9 heteroatoms. The maximum atomic E-state index is 12.4. The Kier molecular flexibility index (Phi) is 6.72. The molecule has 4 rings (SSSR count). The van der Waals surface area contributed by atoms with E-state index in [9.17, 15) is 18.0 Å². The molecule has 1 N–H and O–H groups in total. The highest BCUT2D eigenvalue weighted by molar-refractivity contribution is 5.77. The number of hydrogen-bond donors (Lipinski definition) is 1. The van der Waals surface area contributed by atoms with Gasteiger partial charge in [-0.25, -0.2) is 4.98 Å². The Balaban J connectivity index is 1.41. The van der Waals surface area contributed by atoms with Crippen LogP contribution >= 0.6 is 0 Å². The zero-order chi connectivity index (χ0) is 24.3. The summed E-state index contributed by atoms with van der Waals surface area (Å²) in [5.41, 5.74) is 4.13. The lowest BCUT2D eigenvalue weighted by molar-refractivity contribution is -0.274. The van der Waals surface area contributed by atoms with Crippen LogP contribution < -0.4 is 10.1 Å². The minimum absolute atomic E-state index is 0.0741. The van der Waals surface area contributed by atoms with Gasteiger partial charge in [-0.1, -0.05) is 18.2 Å². The van der Waals surface area contributed by atoms with E-state index in [0.29, 0.717) is 18.0 Å². The van der Waals surface area contributed by atoms with Crippen molar-refractivity contribution < 1.29 is 27.4 Å². The molecule has 0 saturated heterocycles. The number of rotatable bonds is 8. The summed E-state index contributed by atoms with van der Waals surface area (Å²) in [5, 5.41) is 3.09. The predicted octanol–water partition coefficient (Wildman–Crippen LogP) is 5.63. The maximum Gasteiger partial charge on any atom is 0.573 e. The molecule has 0 amide bonds. The van der Waals surface area contributed by atoms with Gasteiger partial charge >= 0.3 is 12.3 Å². The molecule has 0 spiro atoms. The first-order valence-corrected chi connectivity index (χ1v) is 10.9. The number of hydrogen-bond acceptors (Lipinski definition) is 6. The fourth-order valence-corrected chi connectivity index (χ4v) is 3.78. The van der Waals surface area contributed by atoms with Gasteiger partial charge in [0.1, 0.15) is 11.6 Å². The van der Waals surface area contributed by atoms with Crippen LogP contribution in [-0.2, 0) is 16.1 Å². The summed E-state index contributed by atoms with van der Waals surface area (Å²) in [6, 6.07) is 13.3. The number of aromatic nitrogens is 2. The van der Waals surface area contributed by atoms with Crippen LogP contribution in [0.1, 0.15) is 36.1 Å². The number of carbonyl (C=O) groups excluding carboxylic acids is 1. The number of pyridine rings is 2. The van der Waals surface area contributed by atoms with E-state index >= 15 is 0 Å². The molecule has 1 fully saturated rings. The van der Waals surface area contributed by atoms with Gasteiger partial charge in [-0.2, -0.15) is 0 Å². The van der Waals surface area contributed by atoms with Gasteiger partial charge in [0.2, 0.25) is 0 Å². The van der Waals surface area contributed by atoms with Crippen LogP contribution in [0.15, 0.2) is 54.7 Å². The second-order valence-corrected chi connectivity index (χ2v) is 8.08. The fraction of sp³-hybridized carbons (Fsp3) is 0.320. The third kappa shape index (κ3) is 5.84. The van der Waals surface area contributed by atoms with E-state index < -0.39 is 6.36 Å². The van der Waals surface area contributed by atoms with Crippen molar-refractivity contribution in [3.63, 3.8) is 0 Å². The first-order chi connectivity index (χ1) is 16.2. The molecule has 6 nitrogen and oxygen atoms in total. The third-order valence-electron chi connectivity index (χ3n) is 5.53. The molecule has 2 atom stereocenters. The number of alkyl halides is 3. The maximum absolute atomic E-state index is 12.4. The molecule has 2 heterocycles. The monoisotopic (exact) mass is 471 g/mol. The molecule has 3 aromatic rings. The quantitative estimate of drug-likeness (QED) is 0.430. The molecular formula is C25H24F3N3O3. The first kappa shape index (κ1) is 23.5. The molecule has 1 saturated carbocycles. The molecule has 0 unspecified atom stereocenters. The Labute approximate surface area is 195 Å². The minimum Gasteiger partial charge on any atom is -0.466 e. The number of aryl methyl sites for hydroxylation is 1. The number of esters is 1. The first-order valence-electron chi connectivity index (χ1n) is 10.9. The summed E-state index contributed by atoms with van der Waals surface area (Å²) in [7, 11) is 0. The molecule has 0 radical (unpaired) electrons. The number of nitrogens with one attached hydrogen (secondary N) is 1. The molecule has 0 aliphatic heterocycles. The smallest absolute Gasteiger partial charge is 0.466 e. The van der Waals surface area contributed by atoms with Crippen molar-refractivity contribution in [2.75, 3.05) is 11.9 Å². The van der Waals surface area contributed by atoms with E-state index in [0.717, 1.165) is 28.9 Å². The minimum atomic E-state index is -4.73. The average molecular weight is 471 g/mol. The Hall–Kier alpha value is -3.62. The summed E-state index contributed by atoms with van der Waals surface area (Å²) in [4.78, 5) is 21.2. The Morgan fingerprint density at radius 3 is 2.71 bits per heavy atom. The van der Waals surface area contributed by atoms with E-state index in [4.69, 9.17) is 9.72 Å². The van der Waals surface area contributed by atoms with Gasteiger partial charge in [-0.3, -0.25) is 9.78 Å². The SMILES string of the molecule is CCOC(=O)[C@@H]1C[C@H]1c1nc(-c2ccc(NCc3cccc(OC(F)(F)F)c3)nc2)ccc1C. The van der Waals surface area contributed by atoms with Crippen LogP contribution in [-0.4, -0.2) is 28.9 Å². The topological polar surface area (TPSA) is 73.3 Å². The normalized spacial score (nSPS) is 17.2. The standard InChI is InChI=1S/C25H24F3N3O3/c1-3-33-24(32)20-12-19(20)23-15(2)7-9-21(31-23)17-8-10-22(30-14-17)29-13-16-5-4-6-18(11-16)34-25(26,27)28/h4-11,14,19-20H,3,12-13H2,1-2H3,(H,29,30)/t19-,20-/m1/s1. The van der Waals surface area contributed by atoms with Crippen LogP contribution in [0.4, 0.5) is 19.0 Å². The Morgan fingerprint density at radius 2 is 2.00 bits per heavy atom. The van der Waals surface area contributed by atoms with E-state index in [1.54, 1.807) is 25.3 Å². The molecule has 34 heavy (non-hydrogen) atoms. The summed E-state index contributed by atoms with van der Waals surface area (Å²) < 4.78 is 46.3. The number of anilines is 1. The fourth-order valence-electron chi connectivity index (χ4n) is 3.78. The van der Waals surface area contributed by atoms with Gasteiger partial charge in [-0.15, -0.1) is 13.2 Å². The van der Waals surface area contributed by atoms with Gasteiger partial charge in [0, 0.05) is 29.9 Å². The van der Waals surface area contributed by atoms with Crippen LogP contribution in [0.5, 0.6) is 5.75 Å². The number of carbonyl (C=O) groups is 1. The number of ether oxygens (including phenoxy) is 2. The predicted molar refractivity (Wildman–Crippen MR) is 120 cm³/mol. The van der Waals surface area contributed by atoms with Crippen LogP contribution in [0.25, 0.3) is 11.3 Å². The van der Waals surface area contributed by atoms with Crippen molar-refractivity contribution in [2.24, 2.45) is 5.92 Å². The largest absolute Gasteiger partial charge is 0.573 e. The van der Waals surface area contributed by atoms with Crippen molar-refractivity contribution in [3.05, 3.63) is 71.5 Å². The summed E-state index contributed by atoms with van der Waals surface area (Å²) in [6.45, 7) is 4.43. The zero-order valence-corrected chi connectivity index (χ0v) is 18.7. The highest BCUT2D eigenvalue weighted by Gasteiger charge is 2.46. The number of halogens is 3. The van der Waals surface area contributed by atoms with Crippen LogP contribution in [0.3, 0.4) is 0 Å². The van der Waals surface area contributed by atoms with Gasteiger partial charge in [0.05, 0.1) is 18.2 Å². The molecular weight excluding hydrogens is 447 g/mol. The third-order valence-corrected chi connectivity index (χ3v) is 5.53. The van der Waals surface area contributed by atoms with E-state index in [2.05, 4.69) is 15.0 Å². The summed E-state index contributed by atoms with van der Waals surface area (Å²) in [5.74, 6) is 0.0721. The van der Waals surface area contributed by atoms with Crippen molar-refractivity contribution in [1.82, 2.24) is 9.97 Å². The highest BCUT2D eigenvalue weighted by atomic mass is 19.4. The van der Waals surface area contributed by atoms with Gasteiger partial charge in [-0.05, 0) is 61.7 Å². The van der Waals surface area contributed by atoms with Crippen molar-refractivity contribution in [1.29, 1.82) is 0 Å². The number of nitrogens with zero attached hydrogens (tertiary/aromatic N) is 2. The van der Waals surface area contributed by atoms with Crippen molar-refractivity contribution in [2.45, 2.75) is 39.1 Å². The van der Waals surface area contributed by atoms with Crippen LogP contribution in [0, 0.1) is 12.8 Å². The molecule has 178 valence electrons. The Morgan fingerprint density at radius 1 is 1.18 bits per heavy atom. The molecule has 1 aromatic carbocycles. The van der Waals surface area contributed by atoms with Crippen molar-refractivity contribution in [3.8, 4) is 17.0 Å². The molecule has 1 aliphatic carbocycles. The second kappa shape index (κ2) is 9.70. The Bertz CT molecular complexity index is 1170. The highest BCUT2D eigenvalue weighted by Crippen LogP contribution is 2.48. The van der Waals surface area contributed by atoms with E-state index in [1.165, 1.54) is 18.2 Å². The number of benzene rings is 1. The van der Waals surface area contributed by atoms with Gasteiger partial charge < -0.3 is 14.8 Å². The van der Waals surface area contributed by atoms with E-state index in [1.807, 2.05) is 25.1 Å². The van der Waals surface area contributed by atoms with Gasteiger partial charge in [0.25, 0.3) is 0 Å². The van der Waals surface area contributed by atoms with Crippen molar-refractivity contribution >= 4 is 11.8 Å². The molecule has 0 bridgehead atoms. The lowest BCUT2D eigenvalue weighted by Gasteiger charge is -2.11. The van der Waals surface area contributed by atoms with Crippen LogP contribution in [0.2, 0.25) is 0 Å². The van der Waals surface area contributed by atoms with E-state index in [-0.39, 0.29) is 30.1 Å². The summed E-state index contributed by atoms with van der Waals surface area (Å²) >= 11 is 0. The van der Waals surface area contributed by atoms with Gasteiger partial charge in [0.15, 0.2) is 0 Å². The summed E-state index contributed by atoms with van der Waals surface area (Å²) in [6.07, 6.45) is -2.30. The molecule has 1 aliphatic rings.